The van der Waals surface area contributed by atoms with E-state index in [-0.39, 0.29) is 10.7 Å². The molecule has 0 radical (unpaired) electrons. The molecule has 3 aromatic rings. The number of imidazole rings is 1. The van der Waals surface area contributed by atoms with E-state index < -0.39 is 0 Å². The van der Waals surface area contributed by atoms with Crippen LogP contribution in [0.25, 0.3) is 16.6 Å². The van der Waals surface area contributed by atoms with Gasteiger partial charge in [-0.2, -0.15) is 5.01 Å². The first-order valence-corrected chi connectivity index (χ1v) is 9.38. The summed E-state index contributed by atoms with van der Waals surface area (Å²) < 4.78 is 7.00. The van der Waals surface area contributed by atoms with Crippen molar-refractivity contribution >= 4 is 22.2 Å². The van der Waals surface area contributed by atoms with Gasteiger partial charge in [-0.05, 0) is 18.9 Å². The van der Waals surface area contributed by atoms with Gasteiger partial charge in [0.2, 0.25) is 0 Å². The van der Waals surface area contributed by atoms with Gasteiger partial charge in [0, 0.05) is 32.2 Å². The van der Waals surface area contributed by atoms with E-state index >= 15 is 0 Å². The third-order valence-electron chi connectivity index (χ3n) is 5.45. The summed E-state index contributed by atoms with van der Waals surface area (Å²) in [5.41, 5.74) is 2.48. The number of benzene rings is 1. The molecular weight excluding hydrogens is 346 g/mol. The number of likely N-dealkylation sites (N-methyl/N-ethyl adjacent to an activating group) is 1. The number of rotatable bonds is 6. The Morgan fingerprint density at radius 2 is 2.15 bits per heavy atom. The minimum Gasteiger partial charge on any atom is -0.608 e. The molecule has 2 N–H and O–H groups in total. The summed E-state index contributed by atoms with van der Waals surface area (Å²) >= 11 is 0. The van der Waals surface area contributed by atoms with Crippen LogP contribution in [0.3, 0.4) is 0 Å². The summed E-state index contributed by atoms with van der Waals surface area (Å²) in [6, 6.07) is 5.40. The quantitative estimate of drug-likeness (QED) is 0.638. The molecule has 1 unspecified atom stereocenters. The predicted octanol–water partition coefficient (Wildman–Crippen LogP) is 1.34. The Hall–Kier alpha value is -2.26. The van der Waals surface area contributed by atoms with Gasteiger partial charge < -0.3 is 14.9 Å². The van der Waals surface area contributed by atoms with Crippen molar-refractivity contribution in [2.24, 2.45) is 0 Å². The van der Waals surface area contributed by atoms with Gasteiger partial charge in [0.1, 0.15) is 11.3 Å². The molecule has 0 bridgehead atoms. The van der Waals surface area contributed by atoms with E-state index in [1.807, 2.05) is 10.5 Å². The van der Waals surface area contributed by atoms with Crippen molar-refractivity contribution in [2.75, 3.05) is 27.3 Å². The second kappa shape index (κ2) is 7.40. The van der Waals surface area contributed by atoms with E-state index in [0.717, 1.165) is 24.2 Å². The minimum atomic E-state index is -0.157. The third-order valence-corrected chi connectivity index (χ3v) is 5.45. The lowest BCUT2D eigenvalue weighted by molar-refractivity contribution is -0.908. The van der Waals surface area contributed by atoms with E-state index in [1.165, 1.54) is 12.8 Å². The number of ether oxygens (including phenoxy) is 1. The predicted molar refractivity (Wildman–Crippen MR) is 103 cm³/mol. The third kappa shape index (κ3) is 3.25. The number of quaternary nitrogens is 1. The van der Waals surface area contributed by atoms with Crippen LogP contribution in [0, 0.1) is 5.21 Å². The van der Waals surface area contributed by atoms with Crippen LogP contribution in [0.4, 0.5) is 5.69 Å². The Balaban J connectivity index is 1.84. The molecule has 1 atom stereocenters. The summed E-state index contributed by atoms with van der Waals surface area (Å²) in [5.74, 6) is 1.29. The number of nitrogens with one attached hydrogen (secondary N) is 2. The highest BCUT2D eigenvalue weighted by Crippen LogP contribution is 2.34. The highest BCUT2D eigenvalue weighted by atomic mass is 16.6. The molecular formula is C19H25N5O3. The Kier molecular flexibility index (Phi) is 4.96. The molecule has 2 heterocycles. The van der Waals surface area contributed by atoms with Crippen LogP contribution >= 0.6 is 0 Å². The molecule has 144 valence electrons. The largest absolute Gasteiger partial charge is 0.608 e. The SMILES string of the molecule is COCCN(C)[NH+]([O-])c1ccc2[nH]c(=O)c3cnc(C4CCCC4)n3c2c1. The summed E-state index contributed by atoms with van der Waals surface area (Å²) in [4.78, 5) is 19.9. The molecule has 0 saturated heterocycles. The lowest BCUT2D eigenvalue weighted by atomic mass is 10.1. The van der Waals surface area contributed by atoms with Gasteiger partial charge in [0.15, 0.2) is 5.69 Å². The van der Waals surface area contributed by atoms with Crippen molar-refractivity contribution in [3.05, 3.63) is 45.8 Å². The Morgan fingerprint density at radius 3 is 2.89 bits per heavy atom. The van der Waals surface area contributed by atoms with E-state index in [1.54, 1.807) is 37.5 Å². The van der Waals surface area contributed by atoms with Gasteiger partial charge in [0.05, 0.1) is 30.4 Å². The first kappa shape index (κ1) is 18.1. The van der Waals surface area contributed by atoms with Gasteiger partial charge in [-0.25, -0.2) is 4.98 Å². The molecule has 0 amide bonds. The highest BCUT2D eigenvalue weighted by Gasteiger charge is 2.23. The Morgan fingerprint density at radius 1 is 1.37 bits per heavy atom. The first-order chi connectivity index (χ1) is 13.1. The second-order valence-electron chi connectivity index (χ2n) is 7.22. The van der Waals surface area contributed by atoms with Crippen molar-refractivity contribution in [2.45, 2.75) is 31.6 Å². The Labute approximate surface area is 156 Å². The van der Waals surface area contributed by atoms with Gasteiger partial charge >= 0.3 is 0 Å². The minimum absolute atomic E-state index is 0.0733. The van der Waals surface area contributed by atoms with Crippen LogP contribution in [0.2, 0.25) is 0 Å². The zero-order valence-corrected chi connectivity index (χ0v) is 15.7. The zero-order chi connectivity index (χ0) is 19.0. The number of aromatic nitrogens is 3. The monoisotopic (exact) mass is 371 g/mol. The zero-order valence-electron chi connectivity index (χ0n) is 15.7. The number of hydrogen-bond donors (Lipinski definition) is 2. The van der Waals surface area contributed by atoms with Crippen LogP contribution in [0.5, 0.6) is 0 Å². The van der Waals surface area contributed by atoms with E-state index in [2.05, 4.69) is 9.97 Å². The average Bonchev–Trinajstić information content (AvgIpc) is 3.35. The van der Waals surface area contributed by atoms with Gasteiger partial charge in [-0.15, -0.1) is 0 Å². The molecule has 2 aromatic heterocycles. The van der Waals surface area contributed by atoms with Crippen molar-refractivity contribution in [3.63, 3.8) is 0 Å². The van der Waals surface area contributed by atoms with Crippen molar-refractivity contribution < 1.29 is 9.91 Å². The van der Waals surface area contributed by atoms with E-state index in [0.29, 0.717) is 35.8 Å². The summed E-state index contributed by atoms with van der Waals surface area (Å²) in [6.07, 6.45) is 6.20. The molecule has 8 nitrogen and oxygen atoms in total. The van der Waals surface area contributed by atoms with Crippen molar-refractivity contribution in [1.29, 1.82) is 0 Å². The second-order valence-corrected chi connectivity index (χ2v) is 7.22. The molecule has 1 aliphatic carbocycles. The lowest BCUT2D eigenvalue weighted by Gasteiger charge is -2.30. The topological polar surface area (TPSA) is 90.1 Å². The molecule has 27 heavy (non-hydrogen) atoms. The molecule has 1 fully saturated rings. The molecule has 0 aliphatic heterocycles. The van der Waals surface area contributed by atoms with Gasteiger partial charge in [0.25, 0.3) is 5.56 Å². The fourth-order valence-corrected chi connectivity index (χ4v) is 3.94. The molecule has 8 heteroatoms. The molecule has 1 aliphatic rings. The van der Waals surface area contributed by atoms with Gasteiger partial charge in [-0.3, -0.25) is 14.4 Å². The maximum Gasteiger partial charge on any atom is 0.274 e. The maximum absolute atomic E-state index is 12.8. The van der Waals surface area contributed by atoms with Crippen molar-refractivity contribution in [3.8, 4) is 0 Å². The fourth-order valence-electron chi connectivity index (χ4n) is 3.94. The van der Waals surface area contributed by atoms with Crippen LogP contribution in [-0.4, -0.2) is 46.7 Å². The Bertz CT molecular complexity index is 1010. The number of fused-ring (bicyclic) bond motifs is 3. The van der Waals surface area contributed by atoms with Crippen LogP contribution in [-0.2, 0) is 4.74 Å². The van der Waals surface area contributed by atoms with E-state index in [9.17, 15) is 10.0 Å². The maximum atomic E-state index is 12.8. The number of hydrogen-bond acceptors (Lipinski definition) is 5. The van der Waals surface area contributed by atoms with Crippen molar-refractivity contribution in [1.82, 2.24) is 19.4 Å². The number of nitrogens with zero attached hydrogens (tertiary/aromatic N) is 3. The highest BCUT2D eigenvalue weighted by molar-refractivity contribution is 5.80. The van der Waals surface area contributed by atoms with Crippen LogP contribution < -0.4 is 10.7 Å². The van der Waals surface area contributed by atoms with Crippen LogP contribution in [0.1, 0.15) is 37.4 Å². The number of aromatic amines is 1. The smallest absolute Gasteiger partial charge is 0.274 e. The van der Waals surface area contributed by atoms with E-state index in [4.69, 9.17) is 4.74 Å². The lowest BCUT2D eigenvalue weighted by Crippen LogP contribution is -3.09. The first-order valence-electron chi connectivity index (χ1n) is 9.38. The average molecular weight is 371 g/mol. The normalized spacial score (nSPS) is 16.7. The molecule has 4 rings (SSSR count). The summed E-state index contributed by atoms with van der Waals surface area (Å²) in [6.45, 7) is 1.01. The van der Waals surface area contributed by atoms with Gasteiger partial charge in [-0.1, -0.05) is 12.8 Å². The number of H-pyrrole nitrogens is 1. The summed E-state index contributed by atoms with van der Waals surface area (Å²) in [7, 11) is 3.38. The summed E-state index contributed by atoms with van der Waals surface area (Å²) in [5, 5.41) is 14.3. The molecule has 1 saturated carbocycles. The standard InChI is InChI=1S/C19H25N5O3/c1-22(9-10-27-2)24(26)14-7-8-15-16(11-14)23-17(19(25)21-15)12-20-18(23)13-5-3-4-6-13/h7-8,11-13,24H,3-6,9-10H2,1-2H3,(H,21,25). The van der Waals surface area contributed by atoms with Crippen LogP contribution in [0.15, 0.2) is 29.2 Å². The fraction of sp³-hybridized carbons (Fsp3) is 0.474. The molecule has 1 aromatic carbocycles. The molecule has 0 spiro atoms. The number of methoxy groups -OCH3 is 1.